The molecule has 0 heterocycles. The maximum Gasteiger partial charge on any atom is 0.131 e. The van der Waals surface area contributed by atoms with Crippen molar-refractivity contribution in [1.29, 1.82) is 0 Å². The Morgan fingerprint density at radius 2 is 1.86 bits per heavy atom. The van der Waals surface area contributed by atoms with E-state index in [-0.39, 0.29) is 17.3 Å². The van der Waals surface area contributed by atoms with Gasteiger partial charge >= 0.3 is 0 Å². The van der Waals surface area contributed by atoms with Crippen molar-refractivity contribution in [3.63, 3.8) is 0 Å². The predicted octanol–water partition coefficient (Wildman–Crippen LogP) is 3.83. The molecule has 2 aromatic carbocycles. The summed E-state index contributed by atoms with van der Waals surface area (Å²) in [5.74, 6) is 0.339. The van der Waals surface area contributed by atoms with Crippen molar-refractivity contribution in [2.24, 2.45) is 0 Å². The number of benzene rings is 2. The van der Waals surface area contributed by atoms with Crippen LogP contribution in [-0.4, -0.2) is 14.2 Å². The molecule has 1 fully saturated rings. The zero-order chi connectivity index (χ0) is 14.9. The Morgan fingerprint density at radius 3 is 2.38 bits per heavy atom. The standard InChI is InChI=1S/C18H20FNO/c1-20-17(15-9-8-14(21-2)12-16(15)19)18(10-11-18)13-6-4-3-5-7-13/h3-9,12,17,20H,10-11H2,1-2H3. The minimum Gasteiger partial charge on any atom is -0.497 e. The molecule has 0 bridgehead atoms. The summed E-state index contributed by atoms with van der Waals surface area (Å²) in [7, 11) is 3.45. The zero-order valence-electron chi connectivity index (χ0n) is 12.4. The molecule has 0 amide bonds. The van der Waals surface area contributed by atoms with Gasteiger partial charge in [-0.2, -0.15) is 0 Å². The third-order valence-electron chi connectivity index (χ3n) is 4.50. The van der Waals surface area contributed by atoms with Gasteiger partial charge in [0.15, 0.2) is 0 Å². The quantitative estimate of drug-likeness (QED) is 0.901. The molecule has 0 aromatic heterocycles. The van der Waals surface area contributed by atoms with Gasteiger partial charge in [0.2, 0.25) is 0 Å². The van der Waals surface area contributed by atoms with E-state index in [1.165, 1.54) is 11.6 Å². The SMILES string of the molecule is CNC(c1ccc(OC)cc1F)C1(c2ccccc2)CC1. The third kappa shape index (κ3) is 2.42. The van der Waals surface area contributed by atoms with Crippen LogP contribution in [-0.2, 0) is 5.41 Å². The Hall–Kier alpha value is -1.87. The fraction of sp³-hybridized carbons (Fsp3) is 0.333. The van der Waals surface area contributed by atoms with Gasteiger partial charge in [-0.25, -0.2) is 4.39 Å². The molecule has 3 heteroatoms. The van der Waals surface area contributed by atoms with Crippen molar-refractivity contribution in [1.82, 2.24) is 5.32 Å². The van der Waals surface area contributed by atoms with Gasteiger partial charge in [0.1, 0.15) is 11.6 Å². The second-order valence-electron chi connectivity index (χ2n) is 5.63. The topological polar surface area (TPSA) is 21.3 Å². The Bertz CT molecular complexity index is 622. The number of likely N-dealkylation sites (N-methyl/N-ethyl adjacent to an activating group) is 1. The Kier molecular flexibility index (Phi) is 3.68. The van der Waals surface area contributed by atoms with E-state index >= 15 is 0 Å². The van der Waals surface area contributed by atoms with Crippen molar-refractivity contribution in [3.8, 4) is 5.75 Å². The summed E-state index contributed by atoms with van der Waals surface area (Å²) in [6.45, 7) is 0. The first kappa shape index (κ1) is 14.1. The van der Waals surface area contributed by atoms with Crippen molar-refractivity contribution in [3.05, 3.63) is 65.5 Å². The van der Waals surface area contributed by atoms with E-state index < -0.39 is 0 Å². The highest BCUT2D eigenvalue weighted by atomic mass is 19.1. The molecule has 1 unspecified atom stereocenters. The van der Waals surface area contributed by atoms with Crippen LogP contribution < -0.4 is 10.1 Å². The highest BCUT2D eigenvalue weighted by Gasteiger charge is 2.51. The van der Waals surface area contributed by atoms with Gasteiger partial charge in [-0.05, 0) is 31.5 Å². The van der Waals surface area contributed by atoms with E-state index in [4.69, 9.17) is 4.74 Å². The van der Waals surface area contributed by atoms with Crippen LogP contribution in [0.25, 0.3) is 0 Å². The minimum atomic E-state index is -0.212. The molecule has 110 valence electrons. The summed E-state index contributed by atoms with van der Waals surface area (Å²) in [6, 6.07) is 15.5. The Balaban J connectivity index is 1.99. The van der Waals surface area contributed by atoms with E-state index in [1.807, 2.05) is 37.4 Å². The molecule has 0 saturated heterocycles. The van der Waals surface area contributed by atoms with E-state index in [0.29, 0.717) is 11.3 Å². The van der Waals surface area contributed by atoms with Gasteiger partial charge in [-0.3, -0.25) is 0 Å². The molecule has 1 N–H and O–H groups in total. The molecule has 0 spiro atoms. The van der Waals surface area contributed by atoms with E-state index in [9.17, 15) is 4.39 Å². The average Bonchev–Trinajstić information content (AvgIpc) is 3.32. The number of ether oxygens (including phenoxy) is 1. The maximum absolute atomic E-state index is 14.4. The first-order chi connectivity index (χ1) is 10.2. The van der Waals surface area contributed by atoms with E-state index in [2.05, 4.69) is 17.4 Å². The molecule has 3 rings (SSSR count). The molecule has 21 heavy (non-hydrogen) atoms. The van der Waals surface area contributed by atoms with Crippen molar-refractivity contribution in [2.75, 3.05) is 14.2 Å². The molecule has 1 aliphatic carbocycles. The lowest BCUT2D eigenvalue weighted by atomic mass is 9.83. The summed E-state index contributed by atoms with van der Waals surface area (Å²) in [4.78, 5) is 0. The van der Waals surface area contributed by atoms with Crippen LogP contribution in [0.1, 0.15) is 30.0 Å². The Labute approximate surface area is 125 Å². The maximum atomic E-state index is 14.4. The normalized spacial score (nSPS) is 17.3. The van der Waals surface area contributed by atoms with E-state index in [1.54, 1.807) is 7.11 Å². The molecule has 1 atom stereocenters. The van der Waals surface area contributed by atoms with Gasteiger partial charge in [0.25, 0.3) is 0 Å². The highest BCUT2D eigenvalue weighted by molar-refractivity contribution is 5.40. The smallest absolute Gasteiger partial charge is 0.131 e. The van der Waals surface area contributed by atoms with Crippen molar-refractivity contribution < 1.29 is 9.13 Å². The van der Waals surface area contributed by atoms with Crippen LogP contribution in [0, 0.1) is 5.82 Å². The van der Waals surface area contributed by atoms with Crippen LogP contribution in [0.15, 0.2) is 48.5 Å². The number of methoxy groups -OCH3 is 1. The van der Waals surface area contributed by atoms with Crippen molar-refractivity contribution >= 4 is 0 Å². The molecule has 0 radical (unpaired) electrons. The van der Waals surface area contributed by atoms with E-state index in [0.717, 1.165) is 12.8 Å². The molecule has 1 saturated carbocycles. The minimum absolute atomic E-state index is 0.00540. The van der Waals surface area contributed by atoms with Crippen LogP contribution in [0.4, 0.5) is 4.39 Å². The lowest BCUT2D eigenvalue weighted by Gasteiger charge is -2.28. The molecule has 1 aliphatic rings. The van der Waals surface area contributed by atoms with Gasteiger partial charge in [-0.15, -0.1) is 0 Å². The highest BCUT2D eigenvalue weighted by Crippen LogP contribution is 2.56. The summed E-state index contributed by atoms with van der Waals surface area (Å²) in [5, 5.41) is 3.32. The number of rotatable bonds is 5. The number of halogens is 1. The van der Waals surface area contributed by atoms with Crippen molar-refractivity contribution in [2.45, 2.75) is 24.3 Å². The zero-order valence-corrected chi connectivity index (χ0v) is 12.4. The van der Waals surface area contributed by atoms with Crippen LogP contribution in [0.2, 0.25) is 0 Å². The largest absolute Gasteiger partial charge is 0.497 e. The van der Waals surface area contributed by atoms with Crippen LogP contribution in [0.5, 0.6) is 5.75 Å². The molecule has 0 aliphatic heterocycles. The number of nitrogens with one attached hydrogen (secondary N) is 1. The summed E-state index contributed by atoms with van der Waals surface area (Å²) < 4.78 is 19.5. The van der Waals surface area contributed by atoms with Gasteiger partial charge in [0.05, 0.1) is 7.11 Å². The first-order valence-corrected chi connectivity index (χ1v) is 7.27. The lowest BCUT2D eigenvalue weighted by Crippen LogP contribution is -2.30. The van der Waals surface area contributed by atoms with Gasteiger partial charge in [0, 0.05) is 23.1 Å². The summed E-state index contributed by atoms with van der Waals surface area (Å²) >= 11 is 0. The fourth-order valence-corrected chi connectivity index (χ4v) is 3.25. The second-order valence-corrected chi connectivity index (χ2v) is 5.63. The lowest BCUT2D eigenvalue weighted by molar-refractivity contribution is 0.405. The van der Waals surface area contributed by atoms with Gasteiger partial charge in [-0.1, -0.05) is 36.4 Å². The average molecular weight is 285 g/mol. The summed E-state index contributed by atoms with van der Waals surface area (Å²) in [5.41, 5.74) is 1.99. The molecule has 2 aromatic rings. The predicted molar refractivity (Wildman–Crippen MR) is 82.1 cm³/mol. The fourth-order valence-electron chi connectivity index (χ4n) is 3.25. The molecular weight excluding hydrogens is 265 g/mol. The summed E-state index contributed by atoms with van der Waals surface area (Å²) in [6.07, 6.45) is 2.15. The number of hydrogen-bond acceptors (Lipinski definition) is 2. The van der Waals surface area contributed by atoms with Crippen LogP contribution in [0.3, 0.4) is 0 Å². The molecule has 2 nitrogen and oxygen atoms in total. The van der Waals surface area contributed by atoms with Crippen LogP contribution >= 0.6 is 0 Å². The molecular formula is C18H20FNO. The second kappa shape index (κ2) is 5.49. The monoisotopic (exact) mass is 285 g/mol. The first-order valence-electron chi connectivity index (χ1n) is 7.27. The Morgan fingerprint density at radius 1 is 1.14 bits per heavy atom. The van der Waals surface area contributed by atoms with Gasteiger partial charge < -0.3 is 10.1 Å². The number of hydrogen-bond donors (Lipinski definition) is 1. The third-order valence-corrected chi connectivity index (χ3v) is 4.50.